The van der Waals surface area contributed by atoms with Crippen LogP contribution in [-0.4, -0.2) is 6.29 Å². The van der Waals surface area contributed by atoms with Crippen molar-refractivity contribution in [2.24, 2.45) is 0 Å². The number of carbonyl (C=O) groups is 1. The summed E-state index contributed by atoms with van der Waals surface area (Å²) in [5.74, 6) is 0. The summed E-state index contributed by atoms with van der Waals surface area (Å²) in [6.07, 6.45) is 0.878. The van der Waals surface area contributed by atoms with Crippen LogP contribution in [0, 0.1) is 27.7 Å². The lowest BCUT2D eigenvalue weighted by Gasteiger charge is -2.13. The normalized spacial score (nSPS) is 10.2. The van der Waals surface area contributed by atoms with Gasteiger partial charge in [-0.15, -0.1) is 0 Å². The fourth-order valence-corrected chi connectivity index (χ4v) is 1.75. The first-order valence-electron chi connectivity index (χ1n) is 4.21. The molecule has 0 fully saturated rings. The molecular formula is C11H13ClO. The van der Waals surface area contributed by atoms with Gasteiger partial charge in [0.2, 0.25) is 0 Å². The van der Waals surface area contributed by atoms with Crippen molar-refractivity contribution in [1.29, 1.82) is 0 Å². The third-order valence-electron chi connectivity index (χ3n) is 2.71. The van der Waals surface area contributed by atoms with Gasteiger partial charge >= 0.3 is 0 Å². The maximum atomic E-state index is 10.8. The van der Waals surface area contributed by atoms with Gasteiger partial charge in [0, 0.05) is 10.6 Å². The molecule has 0 unspecified atom stereocenters. The Labute approximate surface area is 83.7 Å². The van der Waals surface area contributed by atoms with E-state index < -0.39 is 0 Å². The number of hydrogen-bond acceptors (Lipinski definition) is 1. The Bertz CT molecular complexity index is 338. The van der Waals surface area contributed by atoms with Gasteiger partial charge in [-0.25, -0.2) is 0 Å². The molecule has 0 bridgehead atoms. The van der Waals surface area contributed by atoms with Crippen molar-refractivity contribution in [3.05, 3.63) is 32.8 Å². The van der Waals surface area contributed by atoms with Gasteiger partial charge in [-0.05, 0) is 49.9 Å². The Morgan fingerprint density at radius 2 is 1.46 bits per heavy atom. The summed E-state index contributed by atoms with van der Waals surface area (Å²) in [5.41, 5.74) is 4.83. The zero-order chi connectivity index (χ0) is 10.2. The molecule has 0 aliphatic heterocycles. The molecule has 1 aromatic rings. The van der Waals surface area contributed by atoms with Crippen LogP contribution in [0.25, 0.3) is 0 Å². The molecule has 0 spiro atoms. The first-order chi connectivity index (χ1) is 6.00. The monoisotopic (exact) mass is 196 g/mol. The Balaban J connectivity index is 3.66. The SMILES string of the molecule is Cc1c(C)c(Cl)c(C)c(C=O)c1C. The number of aldehydes is 1. The molecule has 1 rings (SSSR count). The molecule has 0 aliphatic carbocycles. The summed E-state index contributed by atoms with van der Waals surface area (Å²) >= 11 is 6.08. The van der Waals surface area contributed by atoms with E-state index in [1.807, 2.05) is 27.7 Å². The van der Waals surface area contributed by atoms with Crippen LogP contribution in [0.2, 0.25) is 5.02 Å². The highest BCUT2D eigenvalue weighted by molar-refractivity contribution is 6.32. The smallest absolute Gasteiger partial charge is 0.150 e. The van der Waals surface area contributed by atoms with E-state index in [-0.39, 0.29) is 0 Å². The minimum atomic E-state index is 0.713. The topological polar surface area (TPSA) is 17.1 Å². The van der Waals surface area contributed by atoms with Crippen molar-refractivity contribution in [3.8, 4) is 0 Å². The fourth-order valence-electron chi connectivity index (χ4n) is 1.51. The molecule has 0 amide bonds. The molecule has 70 valence electrons. The quantitative estimate of drug-likeness (QED) is 0.630. The van der Waals surface area contributed by atoms with Gasteiger partial charge in [0.25, 0.3) is 0 Å². The number of benzene rings is 1. The number of carbonyl (C=O) groups excluding carboxylic acids is 1. The summed E-state index contributed by atoms with van der Waals surface area (Å²) in [5, 5.41) is 0.713. The van der Waals surface area contributed by atoms with Gasteiger partial charge in [0.15, 0.2) is 6.29 Å². The molecule has 0 saturated heterocycles. The van der Waals surface area contributed by atoms with Crippen molar-refractivity contribution in [3.63, 3.8) is 0 Å². The van der Waals surface area contributed by atoms with E-state index >= 15 is 0 Å². The third kappa shape index (κ3) is 1.49. The largest absolute Gasteiger partial charge is 0.298 e. The van der Waals surface area contributed by atoms with E-state index in [4.69, 9.17) is 11.6 Å². The van der Waals surface area contributed by atoms with Gasteiger partial charge in [-0.1, -0.05) is 11.6 Å². The van der Waals surface area contributed by atoms with Crippen LogP contribution in [0.4, 0.5) is 0 Å². The van der Waals surface area contributed by atoms with Gasteiger partial charge in [0.05, 0.1) is 0 Å². The molecule has 0 saturated carbocycles. The van der Waals surface area contributed by atoms with Crippen LogP contribution in [0.1, 0.15) is 32.6 Å². The lowest BCUT2D eigenvalue weighted by molar-refractivity contribution is 0.112. The maximum Gasteiger partial charge on any atom is 0.150 e. The number of hydrogen-bond donors (Lipinski definition) is 0. The van der Waals surface area contributed by atoms with Crippen molar-refractivity contribution in [1.82, 2.24) is 0 Å². The standard InChI is InChI=1S/C11H13ClO/c1-6-7(2)10(5-13)9(4)11(12)8(6)3/h5H,1-4H3. The van der Waals surface area contributed by atoms with E-state index in [2.05, 4.69) is 0 Å². The van der Waals surface area contributed by atoms with Gasteiger partial charge in [-0.2, -0.15) is 0 Å². The van der Waals surface area contributed by atoms with Crippen LogP contribution < -0.4 is 0 Å². The van der Waals surface area contributed by atoms with E-state index in [9.17, 15) is 4.79 Å². The second kappa shape index (κ2) is 3.51. The molecule has 0 heterocycles. The molecule has 0 radical (unpaired) electrons. The van der Waals surface area contributed by atoms with Crippen molar-refractivity contribution >= 4 is 17.9 Å². The molecule has 2 heteroatoms. The predicted octanol–water partition coefficient (Wildman–Crippen LogP) is 3.39. The van der Waals surface area contributed by atoms with Gasteiger partial charge in [-0.3, -0.25) is 4.79 Å². The summed E-state index contributed by atoms with van der Waals surface area (Å²) in [7, 11) is 0. The van der Waals surface area contributed by atoms with Crippen molar-refractivity contribution < 1.29 is 4.79 Å². The minimum absolute atomic E-state index is 0.713. The molecule has 0 aliphatic rings. The van der Waals surface area contributed by atoms with Crippen LogP contribution in [-0.2, 0) is 0 Å². The van der Waals surface area contributed by atoms with E-state index in [1.165, 1.54) is 0 Å². The van der Waals surface area contributed by atoms with Crippen LogP contribution in [0.15, 0.2) is 0 Å². The average molecular weight is 197 g/mol. The summed E-state index contributed by atoms with van der Waals surface area (Å²) < 4.78 is 0. The lowest BCUT2D eigenvalue weighted by Crippen LogP contribution is -1.99. The highest BCUT2D eigenvalue weighted by Gasteiger charge is 2.12. The maximum absolute atomic E-state index is 10.8. The van der Waals surface area contributed by atoms with Crippen molar-refractivity contribution in [2.45, 2.75) is 27.7 Å². The highest BCUT2D eigenvalue weighted by atomic mass is 35.5. The van der Waals surface area contributed by atoms with E-state index in [1.54, 1.807) is 0 Å². The fraction of sp³-hybridized carbons (Fsp3) is 0.364. The molecule has 0 atom stereocenters. The second-order valence-corrected chi connectivity index (χ2v) is 3.72. The molecule has 0 aromatic heterocycles. The Kier molecular flexibility index (Phi) is 2.77. The first kappa shape index (κ1) is 10.3. The second-order valence-electron chi connectivity index (χ2n) is 3.35. The van der Waals surface area contributed by atoms with Crippen LogP contribution in [0.3, 0.4) is 0 Å². The van der Waals surface area contributed by atoms with Crippen LogP contribution in [0.5, 0.6) is 0 Å². The molecule has 1 nitrogen and oxygen atoms in total. The highest BCUT2D eigenvalue weighted by Crippen LogP contribution is 2.28. The van der Waals surface area contributed by atoms with Crippen LogP contribution >= 0.6 is 11.6 Å². The number of rotatable bonds is 1. The third-order valence-corrected chi connectivity index (χ3v) is 3.28. The first-order valence-corrected chi connectivity index (χ1v) is 4.59. The van der Waals surface area contributed by atoms with Crippen molar-refractivity contribution in [2.75, 3.05) is 0 Å². The summed E-state index contributed by atoms with van der Waals surface area (Å²) in [6, 6.07) is 0. The van der Waals surface area contributed by atoms with E-state index in [0.717, 1.165) is 34.1 Å². The average Bonchev–Trinajstić information content (AvgIpc) is 2.13. The zero-order valence-corrected chi connectivity index (χ0v) is 9.12. The Morgan fingerprint density at radius 1 is 0.923 bits per heavy atom. The minimum Gasteiger partial charge on any atom is -0.298 e. The number of halogens is 1. The van der Waals surface area contributed by atoms with Gasteiger partial charge < -0.3 is 0 Å². The molecular weight excluding hydrogens is 184 g/mol. The summed E-state index contributed by atoms with van der Waals surface area (Å²) in [6.45, 7) is 7.80. The van der Waals surface area contributed by atoms with E-state index in [0.29, 0.717) is 5.02 Å². The Morgan fingerprint density at radius 3 is 1.92 bits per heavy atom. The summed E-state index contributed by atoms with van der Waals surface area (Å²) in [4.78, 5) is 10.8. The Hall–Kier alpha value is -0.820. The predicted molar refractivity (Wildman–Crippen MR) is 55.8 cm³/mol. The zero-order valence-electron chi connectivity index (χ0n) is 8.36. The molecule has 1 aromatic carbocycles. The van der Waals surface area contributed by atoms with Gasteiger partial charge in [0.1, 0.15) is 0 Å². The molecule has 0 N–H and O–H groups in total. The molecule has 13 heavy (non-hydrogen) atoms. The lowest BCUT2D eigenvalue weighted by atomic mass is 9.95.